The maximum Gasteiger partial charge on any atom is 0.322 e. The summed E-state index contributed by atoms with van der Waals surface area (Å²) in [6.45, 7) is 1.77. The first kappa shape index (κ1) is 12.9. The monoisotopic (exact) mass is 256 g/mol. The van der Waals surface area contributed by atoms with Crippen LogP contribution in [0, 0.1) is 11.6 Å². The molecule has 1 aliphatic heterocycles. The van der Waals surface area contributed by atoms with E-state index in [-0.39, 0.29) is 6.54 Å². The van der Waals surface area contributed by atoms with Gasteiger partial charge in [-0.3, -0.25) is 9.69 Å². The lowest BCUT2D eigenvalue weighted by Crippen LogP contribution is -2.54. The fourth-order valence-electron chi connectivity index (χ4n) is 2.12. The Bertz CT molecular complexity index is 433. The average molecular weight is 256 g/mol. The van der Waals surface area contributed by atoms with Gasteiger partial charge in [0.25, 0.3) is 0 Å². The maximum atomic E-state index is 13.1. The summed E-state index contributed by atoms with van der Waals surface area (Å²) >= 11 is 0. The molecule has 2 N–H and O–H groups in total. The standard InChI is InChI=1S/C12H14F2N2O2/c13-9-3-8(4-10(14)5-9)7-16-2-1-15-6-11(16)12(17)18/h3-5,11,15H,1-2,6-7H2,(H,17,18). The molecule has 98 valence electrons. The number of carbonyl (C=O) groups is 1. The van der Waals surface area contributed by atoms with Gasteiger partial charge in [-0.2, -0.15) is 0 Å². The van der Waals surface area contributed by atoms with Crippen molar-refractivity contribution in [3.63, 3.8) is 0 Å². The van der Waals surface area contributed by atoms with Gasteiger partial charge >= 0.3 is 5.97 Å². The quantitative estimate of drug-likeness (QED) is 0.841. The van der Waals surface area contributed by atoms with Gasteiger partial charge in [-0.15, -0.1) is 0 Å². The van der Waals surface area contributed by atoms with Gasteiger partial charge in [0.1, 0.15) is 17.7 Å². The molecule has 1 unspecified atom stereocenters. The summed E-state index contributed by atoms with van der Waals surface area (Å²) in [6.07, 6.45) is 0. The second-order valence-electron chi connectivity index (χ2n) is 4.31. The summed E-state index contributed by atoms with van der Waals surface area (Å²) in [6, 6.07) is 2.59. The van der Waals surface area contributed by atoms with E-state index in [0.29, 0.717) is 25.2 Å². The van der Waals surface area contributed by atoms with Crippen LogP contribution < -0.4 is 5.32 Å². The van der Waals surface area contributed by atoms with Gasteiger partial charge in [0, 0.05) is 32.2 Å². The number of carboxylic acids is 1. The van der Waals surface area contributed by atoms with Crippen LogP contribution in [0.5, 0.6) is 0 Å². The topological polar surface area (TPSA) is 52.6 Å². The third-order valence-corrected chi connectivity index (χ3v) is 2.95. The van der Waals surface area contributed by atoms with E-state index >= 15 is 0 Å². The Kier molecular flexibility index (Phi) is 3.88. The van der Waals surface area contributed by atoms with Crippen LogP contribution >= 0.6 is 0 Å². The van der Waals surface area contributed by atoms with Crippen molar-refractivity contribution in [2.24, 2.45) is 0 Å². The molecule has 0 saturated carbocycles. The molecule has 0 aliphatic carbocycles. The lowest BCUT2D eigenvalue weighted by Gasteiger charge is -2.33. The number of rotatable bonds is 3. The molecule has 1 atom stereocenters. The summed E-state index contributed by atoms with van der Waals surface area (Å²) in [5, 5.41) is 12.1. The molecule has 0 radical (unpaired) electrons. The van der Waals surface area contributed by atoms with Crippen LogP contribution in [0.4, 0.5) is 8.78 Å². The summed E-state index contributed by atoms with van der Waals surface area (Å²) in [5.41, 5.74) is 0.445. The van der Waals surface area contributed by atoms with Gasteiger partial charge in [-0.05, 0) is 17.7 Å². The smallest absolute Gasteiger partial charge is 0.322 e. The van der Waals surface area contributed by atoms with Crippen molar-refractivity contribution < 1.29 is 18.7 Å². The van der Waals surface area contributed by atoms with Gasteiger partial charge in [-0.25, -0.2) is 8.78 Å². The minimum atomic E-state index is -0.931. The van der Waals surface area contributed by atoms with Crippen LogP contribution in [0.1, 0.15) is 5.56 Å². The highest BCUT2D eigenvalue weighted by Gasteiger charge is 2.28. The number of hydrogen-bond acceptors (Lipinski definition) is 3. The van der Waals surface area contributed by atoms with Gasteiger partial charge in [0.2, 0.25) is 0 Å². The molecule has 2 rings (SSSR count). The Morgan fingerprint density at radius 2 is 2.06 bits per heavy atom. The lowest BCUT2D eigenvalue weighted by molar-refractivity contribution is -0.144. The maximum absolute atomic E-state index is 13.1. The van der Waals surface area contributed by atoms with Gasteiger partial charge in [-0.1, -0.05) is 0 Å². The number of benzene rings is 1. The van der Waals surface area contributed by atoms with Gasteiger partial charge in [0.15, 0.2) is 0 Å². The van der Waals surface area contributed by atoms with Crippen molar-refractivity contribution >= 4 is 5.97 Å². The van der Waals surface area contributed by atoms with Crippen molar-refractivity contribution in [2.45, 2.75) is 12.6 Å². The second-order valence-corrected chi connectivity index (χ2v) is 4.31. The van der Waals surface area contributed by atoms with Crippen molar-refractivity contribution in [3.8, 4) is 0 Å². The van der Waals surface area contributed by atoms with Gasteiger partial charge in [0.05, 0.1) is 0 Å². The van der Waals surface area contributed by atoms with Crippen molar-refractivity contribution in [1.29, 1.82) is 0 Å². The highest BCUT2D eigenvalue weighted by molar-refractivity contribution is 5.74. The molecular weight excluding hydrogens is 242 g/mol. The third-order valence-electron chi connectivity index (χ3n) is 2.95. The van der Waals surface area contributed by atoms with Crippen LogP contribution in [-0.4, -0.2) is 41.7 Å². The Balaban J connectivity index is 2.13. The number of nitrogens with one attached hydrogen (secondary N) is 1. The largest absolute Gasteiger partial charge is 0.480 e. The first-order valence-electron chi connectivity index (χ1n) is 5.69. The number of halogens is 2. The molecular formula is C12H14F2N2O2. The van der Waals surface area contributed by atoms with E-state index in [2.05, 4.69) is 5.32 Å². The molecule has 1 heterocycles. The predicted octanol–water partition coefficient (Wildman–Crippen LogP) is 0.823. The van der Waals surface area contributed by atoms with E-state index in [9.17, 15) is 13.6 Å². The van der Waals surface area contributed by atoms with E-state index in [1.165, 1.54) is 12.1 Å². The van der Waals surface area contributed by atoms with E-state index < -0.39 is 23.6 Å². The number of aliphatic carboxylic acids is 1. The average Bonchev–Trinajstić information content (AvgIpc) is 2.27. The molecule has 0 amide bonds. The van der Waals surface area contributed by atoms with E-state index in [1.807, 2.05) is 0 Å². The predicted molar refractivity (Wildman–Crippen MR) is 61.1 cm³/mol. The minimum Gasteiger partial charge on any atom is -0.480 e. The molecule has 6 heteroatoms. The normalized spacial score (nSPS) is 20.9. The number of piperazine rings is 1. The van der Waals surface area contributed by atoms with E-state index in [0.717, 1.165) is 6.07 Å². The highest BCUT2D eigenvalue weighted by Crippen LogP contribution is 2.13. The first-order valence-corrected chi connectivity index (χ1v) is 5.69. The Morgan fingerprint density at radius 3 is 2.67 bits per heavy atom. The number of hydrogen-bond donors (Lipinski definition) is 2. The minimum absolute atomic E-state index is 0.229. The fourth-order valence-corrected chi connectivity index (χ4v) is 2.12. The summed E-state index contributed by atoms with van der Waals surface area (Å²) in [4.78, 5) is 12.8. The molecule has 18 heavy (non-hydrogen) atoms. The SMILES string of the molecule is O=C(O)C1CNCCN1Cc1cc(F)cc(F)c1. The zero-order valence-corrected chi connectivity index (χ0v) is 9.70. The van der Waals surface area contributed by atoms with Crippen molar-refractivity contribution in [2.75, 3.05) is 19.6 Å². The molecule has 1 aromatic rings. The van der Waals surface area contributed by atoms with Gasteiger partial charge < -0.3 is 10.4 Å². The summed E-state index contributed by atoms with van der Waals surface area (Å²) in [5.74, 6) is -2.22. The molecule has 4 nitrogen and oxygen atoms in total. The molecule has 0 aromatic heterocycles. The Morgan fingerprint density at radius 1 is 1.39 bits per heavy atom. The van der Waals surface area contributed by atoms with Crippen LogP contribution in [0.15, 0.2) is 18.2 Å². The van der Waals surface area contributed by atoms with E-state index in [1.54, 1.807) is 4.90 Å². The molecule has 1 fully saturated rings. The van der Waals surface area contributed by atoms with Crippen LogP contribution in [-0.2, 0) is 11.3 Å². The Hall–Kier alpha value is -1.53. The zero-order valence-electron chi connectivity index (χ0n) is 9.70. The number of nitrogens with zero attached hydrogens (tertiary/aromatic N) is 1. The second kappa shape index (κ2) is 5.41. The van der Waals surface area contributed by atoms with Crippen LogP contribution in [0.3, 0.4) is 0 Å². The third kappa shape index (κ3) is 3.02. The molecule has 1 saturated heterocycles. The summed E-state index contributed by atoms with van der Waals surface area (Å²) < 4.78 is 26.1. The van der Waals surface area contributed by atoms with Crippen molar-refractivity contribution in [1.82, 2.24) is 10.2 Å². The first-order chi connectivity index (χ1) is 8.56. The fraction of sp³-hybridized carbons (Fsp3) is 0.417. The molecule has 0 spiro atoms. The lowest BCUT2D eigenvalue weighted by atomic mass is 10.1. The molecule has 0 bridgehead atoms. The summed E-state index contributed by atoms with van der Waals surface area (Å²) in [7, 11) is 0. The highest BCUT2D eigenvalue weighted by atomic mass is 19.1. The Labute approximate surface area is 103 Å². The number of carboxylic acid groups (broad SMARTS) is 1. The van der Waals surface area contributed by atoms with E-state index in [4.69, 9.17) is 5.11 Å². The van der Waals surface area contributed by atoms with Crippen molar-refractivity contribution in [3.05, 3.63) is 35.4 Å². The van der Waals surface area contributed by atoms with Crippen LogP contribution in [0.25, 0.3) is 0 Å². The molecule has 1 aromatic carbocycles. The van der Waals surface area contributed by atoms with Crippen LogP contribution in [0.2, 0.25) is 0 Å². The molecule has 1 aliphatic rings. The zero-order chi connectivity index (χ0) is 13.1.